The van der Waals surface area contributed by atoms with Gasteiger partial charge in [-0.2, -0.15) is 0 Å². The van der Waals surface area contributed by atoms with Gasteiger partial charge in [0.2, 0.25) is 0 Å². The number of nitrogens with zero attached hydrogens (tertiary/aromatic N) is 3. The highest BCUT2D eigenvalue weighted by atomic mass is 79.9. The summed E-state index contributed by atoms with van der Waals surface area (Å²) in [5.41, 5.74) is 4.77. The number of pyridine rings is 2. The van der Waals surface area contributed by atoms with E-state index in [-0.39, 0.29) is 0 Å². The van der Waals surface area contributed by atoms with E-state index in [0.717, 1.165) is 17.4 Å². The summed E-state index contributed by atoms with van der Waals surface area (Å²) in [4.78, 5) is 11.9. The highest BCUT2D eigenvalue weighted by Gasteiger charge is 2.31. The third-order valence-electron chi connectivity index (χ3n) is 4.61. The Morgan fingerprint density at radius 2 is 2.00 bits per heavy atom. The highest BCUT2D eigenvalue weighted by Crippen LogP contribution is 2.39. The number of hydrogen-bond acceptors (Lipinski definition) is 3. The molecule has 0 spiro atoms. The molecule has 3 heterocycles. The topological polar surface area (TPSA) is 29.0 Å². The van der Waals surface area contributed by atoms with Crippen molar-refractivity contribution in [1.82, 2.24) is 14.9 Å². The average molecular weight is 360 g/mol. The molecule has 1 saturated heterocycles. The second-order valence-corrected chi connectivity index (χ2v) is 6.58. The molecule has 0 unspecified atom stereocenters. The third-order valence-corrected chi connectivity index (χ3v) is 5.19. The Bertz CT molecular complexity index is 644. The van der Waals surface area contributed by atoms with Crippen LogP contribution in [0.5, 0.6) is 0 Å². The second kappa shape index (κ2) is 6.88. The van der Waals surface area contributed by atoms with Crippen molar-refractivity contribution in [2.45, 2.75) is 43.6 Å². The largest absolute Gasteiger partial charge is 0.289 e. The molecule has 0 aromatic carbocycles. The first kappa shape index (κ1) is 15.6. The number of alkyl halides is 1. The van der Waals surface area contributed by atoms with E-state index in [0.29, 0.717) is 12.1 Å². The first-order valence-electron chi connectivity index (χ1n) is 7.86. The molecule has 0 aliphatic carbocycles. The number of halogens is 1. The summed E-state index contributed by atoms with van der Waals surface area (Å²) in [7, 11) is 2.21. The van der Waals surface area contributed by atoms with Gasteiger partial charge in [0, 0.05) is 11.5 Å². The van der Waals surface area contributed by atoms with Crippen LogP contribution in [0.15, 0.2) is 36.5 Å². The first-order valence-corrected chi connectivity index (χ1v) is 8.98. The lowest BCUT2D eigenvalue weighted by Crippen LogP contribution is -2.34. The molecular weight excluding hydrogens is 338 g/mol. The van der Waals surface area contributed by atoms with Crippen LogP contribution in [0.2, 0.25) is 0 Å². The van der Waals surface area contributed by atoms with Crippen molar-refractivity contribution in [2.24, 2.45) is 0 Å². The van der Waals surface area contributed by atoms with E-state index in [2.05, 4.69) is 64.1 Å². The van der Waals surface area contributed by atoms with Crippen LogP contribution in [0.4, 0.5) is 0 Å². The van der Waals surface area contributed by atoms with Gasteiger partial charge >= 0.3 is 0 Å². The van der Waals surface area contributed by atoms with Crippen molar-refractivity contribution in [3.8, 4) is 0 Å². The molecule has 0 bridgehead atoms. The van der Waals surface area contributed by atoms with Gasteiger partial charge in [-0.1, -0.05) is 28.1 Å². The molecule has 0 radical (unpaired) electrons. The zero-order valence-corrected chi connectivity index (χ0v) is 14.8. The number of likely N-dealkylation sites (tertiary alicyclic amines) is 1. The van der Waals surface area contributed by atoms with Crippen LogP contribution in [-0.2, 0) is 5.33 Å². The predicted molar refractivity (Wildman–Crippen MR) is 92.9 cm³/mol. The van der Waals surface area contributed by atoms with Gasteiger partial charge in [-0.25, -0.2) is 0 Å². The fourth-order valence-electron chi connectivity index (χ4n) is 3.42. The molecule has 2 aromatic heterocycles. The number of aromatic nitrogens is 2. The Labute approximate surface area is 140 Å². The molecule has 22 heavy (non-hydrogen) atoms. The van der Waals surface area contributed by atoms with Gasteiger partial charge in [-0.3, -0.25) is 14.9 Å². The molecule has 1 aliphatic rings. The van der Waals surface area contributed by atoms with Crippen LogP contribution >= 0.6 is 15.9 Å². The lowest BCUT2D eigenvalue weighted by molar-refractivity contribution is 0.109. The monoisotopic (exact) mass is 359 g/mol. The molecule has 0 amide bonds. The first-order chi connectivity index (χ1) is 10.7. The van der Waals surface area contributed by atoms with E-state index in [9.17, 15) is 0 Å². The van der Waals surface area contributed by atoms with Crippen molar-refractivity contribution in [3.63, 3.8) is 0 Å². The van der Waals surface area contributed by atoms with Crippen molar-refractivity contribution in [3.05, 3.63) is 59.2 Å². The minimum absolute atomic E-state index is 0.374. The molecule has 0 saturated carbocycles. The van der Waals surface area contributed by atoms with Gasteiger partial charge in [-0.15, -0.1) is 0 Å². The zero-order chi connectivity index (χ0) is 15.5. The van der Waals surface area contributed by atoms with E-state index in [1.807, 2.05) is 12.3 Å². The van der Waals surface area contributed by atoms with Gasteiger partial charge in [0.25, 0.3) is 0 Å². The summed E-state index contributed by atoms with van der Waals surface area (Å²) in [5, 5.41) is 0.806. The fraction of sp³-hybridized carbons (Fsp3) is 0.444. The molecule has 4 heteroatoms. The molecule has 1 aliphatic heterocycles. The molecule has 1 fully saturated rings. The Balaban J connectivity index is 1.89. The standard InChI is InChI=1S/C18H22BrN3/c1-13-6-5-11-20-18(13)17-10-4-9-16(22(17)2)15-8-3-7-14(12-19)21-15/h3,5-8,11,16-17H,4,9-10,12H2,1-2H3/t16-,17+/m1/s1. The lowest BCUT2D eigenvalue weighted by Gasteiger charge is -2.39. The van der Waals surface area contributed by atoms with Crippen molar-refractivity contribution < 1.29 is 0 Å². The SMILES string of the molecule is Cc1cccnc1[C@@H]1CCC[C@H](c2cccc(CBr)n2)N1C. The van der Waals surface area contributed by atoms with Crippen LogP contribution in [0.1, 0.15) is 54.0 Å². The average Bonchev–Trinajstić information content (AvgIpc) is 2.56. The normalized spacial score (nSPS) is 22.7. The number of piperidine rings is 1. The van der Waals surface area contributed by atoms with Crippen LogP contribution in [0.3, 0.4) is 0 Å². The molecule has 2 aromatic rings. The van der Waals surface area contributed by atoms with Crippen LogP contribution in [0.25, 0.3) is 0 Å². The second-order valence-electron chi connectivity index (χ2n) is 6.02. The van der Waals surface area contributed by atoms with E-state index in [1.54, 1.807) is 0 Å². The smallest absolute Gasteiger partial charge is 0.0604 e. The van der Waals surface area contributed by atoms with Crippen LogP contribution in [0, 0.1) is 6.92 Å². The summed E-state index contributed by atoms with van der Waals surface area (Å²) in [6, 6.07) is 11.3. The van der Waals surface area contributed by atoms with Crippen LogP contribution in [-0.4, -0.2) is 21.9 Å². The minimum Gasteiger partial charge on any atom is -0.289 e. The van der Waals surface area contributed by atoms with E-state index >= 15 is 0 Å². The van der Waals surface area contributed by atoms with Gasteiger partial charge < -0.3 is 0 Å². The van der Waals surface area contributed by atoms with Crippen LogP contribution < -0.4 is 0 Å². The maximum Gasteiger partial charge on any atom is 0.0604 e. The Morgan fingerprint density at radius 3 is 2.77 bits per heavy atom. The highest BCUT2D eigenvalue weighted by molar-refractivity contribution is 9.08. The third kappa shape index (κ3) is 3.08. The number of rotatable bonds is 3. The summed E-state index contributed by atoms with van der Waals surface area (Å²) in [5.74, 6) is 0. The maximum atomic E-state index is 4.81. The molecule has 3 rings (SSSR count). The van der Waals surface area contributed by atoms with Gasteiger partial charge in [0.05, 0.1) is 29.2 Å². The number of aryl methyl sites for hydroxylation is 1. The van der Waals surface area contributed by atoms with Gasteiger partial charge in [0.15, 0.2) is 0 Å². The Kier molecular flexibility index (Phi) is 4.89. The minimum atomic E-state index is 0.374. The summed E-state index contributed by atoms with van der Waals surface area (Å²) in [6.45, 7) is 2.16. The molecule has 116 valence electrons. The summed E-state index contributed by atoms with van der Waals surface area (Å²) in [6.07, 6.45) is 5.46. The zero-order valence-electron chi connectivity index (χ0n) is 13.2. The molecule has 3 nitrogen and oxygen atoms in total. The van der Waals surface area contributed by atoms with Crippen molar-refractivity contribution >= 4 is 15.9 Å². The molecule has 2 atom stereocenters. The van der Waals surface area contributed by atoms with E-state index in [1.165, 1.54) is 29.8 Å². The fourth-order valence-corrected chi connectivity index (χ4v) is 3.73. The van der Waals surface area contributed by atoms with Gasteiger partial charge in [-0.05, 0) is 57.0 Å². The predicted octanol–water partition coefficient (Wildman–Crippen LogP) is 4.58. The quantitative estimate of drug-likeness (QED) is 0.751. The van der Waals surface area contributed by atoms with Crippen molar-refractivity contribution in [2.75, 3.05) is 7.05 Å². The Hall–Kier alpha value is -1.26. The van der Waals surface area contributed by atoms with Crippen molar-refractivity contribution in [1.29, 1.82) is 0 Å². The van der Waals surface area contributed by atoms with Gasteiger partial charge in [0.1, 0.15) is 0 Å². The van der Waals surface area contributed by atoms with E-state index < -0.39 is 0 Å². The van der Waals surface area contributed by atoms with E-state index in [4.69, 9.17) is 4.98 Å². The lowest BCUT2D eigenvalue weighted by atomic mass is 9.90. The molecule has 0 N–H and O–H groups in total. The summed E-state index contributed by atoms with van der Waals surface area (Å²) < 4.78 is 0. The summed E-state index contributed by atoms with van der Waals surface area (Å²) >= 11 is 3.50. The molecular formula is C18H22BrN3. The number of hydrogen-bond donors (Lipinski definition) is 0. The maximum absolute atomic E-state index is 4.81. The Morgan fingerprint density at radius 1 is 1.18 bits per heavy atom.